The van der Waals surface area contributed by atoms with Gasteiger partial charge in [0.1, 0.15) is 12.2 Å². The number of hydrogen-bond donors (Lipinski definition) is 2. The monoisotopic (exact) mass is 174 g/mol. The number of carbonyl (C=O) groups excluding carboxylic acids is 1. The van der Waals surface area contributed by atoms with E-state index in [1.54, 1.807) is 7.11 Å². The van der Waals surface area contributed by atoms with Gasteiger partial charge in [-0.3, -0.25) is 0 Å². The Morgan fingerprint density at radius 1 is 1.58 bits per heavy atom. The van der Waals surface area contributed by atoms with Crippen LogP contribution in [0.4, 0.5) is 4.79 Å². The summed E-state index contributed by atoms with van der Waals surface area (Å²) in [6.07, 6.45) is -0.259. The van der Waals surface area contributed by atoms with Gasteiger partial charge in [-0.15, -0.1) is 0 Å². The molecule has 12 heavy (non-hydrogen) atoms. The second-order valence-electron chi connectivity index (χ2n) is 2.74. The molecule has 0 spiro atoms. The molecule has 1 heterocycles. The Kier molecular flexibility index (Phi) is 3.31. The number of carbonyl (C=O) groups is 1. The second kappa shape index (κ2) is 4.27. The van der Waals surface area contributed by atoms with Gasteiger partial charge in [0.05, 0.1) is 0 Å². The van der Waals surface area contributed by atoms with Crippen LogP contribution in [0.2, 0.25) is 0 Å². The van der Waals surface area contributed by atoms with E-state index in [9.17, 15) is 4.79 Å². The average Bonchev–Trinajstić information content (AvgIpc) is 2.04. The molecule has 0 aliphatic carbocycles. The van der Waals surface area contributed by atoms with Crippen LogP contribution in [0.15, 0.2) is 0 Å². The van der Waals surface area contributed by atoms with Crippen molar-refractivity contribution in [3.8, 4) is 0 Å². The lowest BCUT2D eigenvalue weighted by molar-refractivity contribution is -0.0339. The minimum Gasteiger partial charge on any atom is -0.444 e. The normalized spacial score (nSPS) is 29.8. The lowest BCUT2D eigenvalue weighted by atomic mass is 10.1. The highest BCUT2D eigenvalue weighted by Crippen LogP contribution is 2.10. The molecular formula is C7H14N2O3. The van der Waals surface area contributed by atoms with Gasteiger partial charge in [0.2, 0.25) is 0 Å². The number of primary amides is 1. The van der Waals surface area contributed by atoms with Gasteiger partial charge in [-0.25, -0.2) is 4.79 Å². The van der Waals surface area contributed by atoms with E-state index in [1.165, 1.54) is 0 Å². The van der Waals surface area contributed by atoms with E-state index in [1.807, 2.05) is 0 Å². The summed E-state index contributed by atoms with van der Waals surface area (Å²) in [4.78, 5) is 10.5. The summed E-state index contributed by atoms with van der Waals surface area (Å²) in [6.45, 7) is 1.53. The smallest absolute Gasteiger partial charge is 0.404 e. The number of methoxy groups -OCH3 is 1. The first-order chi connectivity index (χ1) is 5.74. The van der Waals surface area contributed by atoms with Crippen LogP contribution in [0.25, 0.3) is 0 Å². The summed E-state index contributed by atoms with van der Waals surface area (Å²) in [5, 5.41) is 3.13. The van der Waals surface area contributed by atoms with E-state index in [0.717, 1.165) is 13.0 Å². The highest BCUT2D eigenvalue weighted by atomic mass is 16.6. The standard InChI is InChI=1S/C7H14N2O3/c1-11-6-4-9-3-2-5(6)12-7(8)10/h5-6,9H,2-4H2,1H3,(H2,8,10)/t5-,6+/m1/s1. The topological polar surface area (TPSA) is 73.6 Å². The average molecular weight is 174 g/mol. The van der Waals surface area contributed by atoms with Crippen LogP contribution in [-0.2, 0) is 9.47 Å². The molecule has 0 saturated carbocycles. The summed E-state index contributed by atoms with van der Waals surface area (Å²) in [5.74, 6) is 0. The van der Waals surface area contributed by atoms with E-state index in [0.29, 0.717) is 6.54 Å². The van der Waals surface area contributed by atoms with Crippen LogP contribution in [0.3, 0.4) is 0 Å². The summed E-state index contributed by atoms with van der Waals surface area (Å²) >= 11 is 0. The quantitative estimate of drug-likeness (QED) is 0.589. The van der Waals surface area contributed by atoms with Crippen LogP contribution in [-0.4, -0.2) is 38.5 Å². The number of rotatable bonds is 2. The maximum atomic E-state index is 10.5. The predicted molar refractivity (Wildman–Crippen MR) is 42.7 cm³/mol. The van der Waals surface area contributed by atoms with Gasteiger partial charge < -0.3 is 20.5 Å². The minimum atomic E-state index is -0.732. The molecule has 0 aromatic rings. The van der Waals surface area contributed by atoms with Crippen LogP contribution >= 0.6 is 0 Å². The molecule has 1 saturated heterocycles. The van der Waals surface area contributed by atoms with Crippen molar-refractivity contribution in [2.45, 2.75) is 18.6 Å². The van der Waals surface area contributed by atoms with Crippen LogP contribution in [0.1, 0.15) is 6.42 Å². The van der Waals surface area contributed by atoms with E-state index in [-0.39, 0.29) is 12.2 Å². The molecule has 5 heteroatoms. The molecule has 0 bridgehead atoms. The molecule has 1 fully saturated rings. The van der Waals surface area contributed by atoms with Gasteiger partial charge in [0.25, 0.3) is 0 Å². The van der Waals surface area contributed by atoms with Crippen LogP contribution in [0, 0.1) is 0 Å². The third-order valence-corrected chi connectivity index (χ3v) is 1.94. The zero-order valence-corrected chi connectivity index (χ0v) is 7.08. The first kappa shape index (κ1) is 9.28. The Labute approximate surface area is 71.2 Å². The summed E-state index contributed by atoms with van der Waals surface area (Å²) in [7, 11) is 1.59. The van der Waals surface area contributed by atoms with Gasteiger partial charge in [-0.2, -0.15) is 0 Å². The summed E-state index contributed by atoms with van der Waals surface area (Å²) < 4.78 is 9.98. The molecule has 70 valence electrons. The zero-order chi connectivity index (χ0) is 8.97. The van der Waals surface area contributed by atoms with Crippen molar-refractivity contribution in [2.24, 2.45) is 5.73 Å². The number of nitrogens with two attached hydrogens (primary N) is 1. The van der Waals surface area contributed by atoms with Gasteiger partial charge in [-0.05, 0) is 13.0 Å². The molecule has 1 rings (SSSR count). The maximum absolute atomic E-state index is 10.5. The molecule has 2 atom stereocenters. The lowest BCUT2D eigenvalue weighted by Gasteiger charge is -2.29. The molecule has 1 aliphatic heterocycles. The fourth-order valence-electron chi connectivity index (χ4n) is 1.33. The minimum absolute atomic E-state index is 0.0775. The van der Waals surface area contributed by atoms with Crippen LogP contribution < -0.4 is 11.1 Å². The first-order valence-corrected chi connectivity index (χ1v) is 3.93. The van der Waals surface area contributed by atoms with E-state index in [2.05, 4.69) is 5.32 Å². The highest BCUT2D eigenvalue weighted by molar-refractivity contribution is 5.64. The van der Waals surface area contributed by atoms with Crippen molar-refractivity contribution in [2.75, 3.05) is 20.2 Å². The molecule has 0 unspecified atom stereocenters. The zero-order valence-electron chi connectivity index (χ0n) is 7.08. The van der Waals surface area contributed by atoms with Crippen molar-refractivity contribution in [1.29, 1.82) is 0 Å². The van der Waals surface area contributed by atoms with Gasteiger partial charge in [0.15, 0.2) is 0 Å². The molecule has 1 aliphatic rings. The Morgan fingerprint density at radius 2 is 2.33 bits per heavy atom. The van der Waals surface area contributed by atoms with Gasteiger partial charge in [0, 0.05) is 13.7 Å². The fraction of sp³-hybridized carbons (Fsp3) is 0.857. The third-order valence-electron chi connectivity index (χ3n) is 1.94. The molecule has 0 aromatic carbocycles. The molecule has 0 radical (unpaired) electrons. The highest BCUT2D eigenvalue weighted by Gasteiger charge is 2.27. The SMILES string of the molecule is CO[C@H]1CNCC[C@H]1OC(N)=O. The third kappa shape index (κ3) is 2.35. The largest absolute Gasteiger partial charge is 0.444 e. The van der Waals surface area contributed by atoms with Gasteiger partial charge >= 0.3 is 6.09 Å². The molecular weight excluding hydrogens is 160 g/mol. The number of hydrogen-bond acceptors (Lipinski definition) is 4. The second-order valence-corrected chi connectivity index (χ2v) is 2.74. The van der Waals surface area contributed by atoms with E-state index in [4.69, 9.17) is 15.2 Å². The predicted octanol–water partition coefficient (Wildman–Crippen LogP) is -0.541. The summed E-state index contributed by atoms with van der Waals surface area (Å²) in [6, 6.07) is 0. The van der Waals surface area contributed by atoms with E-state index < -0.39 is 6.09 Å². The molecule has 3 N–H and O–H groups in total. The van der Waals surface area contributed by atoms with E-state index >= 15 is 0 Å². The number of nitrogens with one attached hydrogen (secondary N) is 1. The maximum Gasteiger partial charge on any atom is 0.404 e. The first-order valence-electron chi connectivity index (χ1n) is 3.93. The number of amides is 1. The van der Waals surface area contributed by atoms with Gasteiger partial charge in [-0.1, -0.05) is 0 Å². The number of piperidine rings is 1. The van der Waals surface area contributed by atoms with Crippen molar-refractivity contribution in [3.63, 3.8) is 0 Å². The lowest BCUT2D eigenvalue weighted by Crippen LogP contribution is -2.47. The van der Waals surface area contributed by atoms with Crippen molar-refractivity contribution >= 4 is 6.09 Å². The Morgan fingerprint density at radius 3 is 2.92 bits per heavy atom. The Hall–Kier alpha value is -0.810. The molecule has 0 aromatic heterocycles. The van der Waals surface area contributed by atoms with Crippen LogP contribution in [0.5, 0.6) is 0 Å². The molecule has 1 amide bonds. The Bertz CT molecular complexity index is 163. The summed E-state index contributed by atoms with van der Waals surface area (Å²) in [5.41, 5.74) is 4.90. The van der Waals surface area contributed by atoms with Crippen molar-refractivity contribution in [3.05, 3.63) is 0 Å². The molecule has 5 nitrogen and oxygen atoms in total. The Balaban J connectivity index is 2.41. The van der Waals surface area contributed by atoms with Crippen molar-refractivity contribution < 1.29 is 14.3 Å². The van der Waals surface area contributed by atoms with Crippen molar-refractivity contribution in [1.82, 2.24) is 5.32 Å². The fourth-order valence-corrected chi connectivity index (χ4v) is 1.33. The number of ether oxygens (including phenoxy) is 2.